The first-order valence-electron chi connectivity index (χ1n) is 6.60. The molecule has 1 aromatic carbocycles. The van der Waals surface area contributed by atoms with Crippen LogP contribution >= 0.6 is 11.8 Å². The standard InChI is InChI=1S/C14H17N3O5S/c1-7(12(15)18)23-14-17-16-13(22-14)8-5-9(19-2)11(21-4)10(6-8)20-3/h5-7H,1-4H3,(H2,15,18)/t7-/m1/s1. The Labute approximate surface area is 137 Å². The molecule has 0 unspecified atom stereocenters. The fourth-order valence-electron chi connectivity index (χ4n) is 1.79. The molecule has 2 N–H and O–H groups in total. The Balaban J connectivity index is 2.35. The first-order valence-corrected chi connectivity index (χ1v) is 7.48. The highest BCUT2D eigenvalue weighted by atomic mass is 32.2. The van der Waals surface area contributed by atoms with Crippen molar-refractivity contribution in [2.75, 3.05) is 21.3 Å². The summed E-state index contributed by atoms with van der Waals surface area (Å²) in [6.07, 6.45) is 0. The van der Waals surface area contributed by atoms with E-state index < -0.39 is 11.2 Å². The molecule has 0 aliphatic heterocycles. The molecule has 0 spiro atoms. The van der Waals surface area contributed by atoms with Gasteiger partial charge >= 0.3 is 0 Å². The van der Waals surface area contributed by atoms with Crippen molar-refractivity contribution in [3.05, 3.63) is 12.1 Å². The minimum atomic E-state index is -0.469. The fraction of sp³-hybridized carbons (Fsp3) is 0.357. The number of rotatable bonds is 7. The number of hydrogen-bond donors (Lipinski definition) is 1. The molecule has 0 aliphatic rings. The van der Waals surface area contributed by atoms with Crippen molar-refractivity contribution in [1.29, 1.82) is 0 Å². The molecule has 8 nitrogen and oxygen atoms in total. The van der Waals surface area contributed by atoms with E-state index in [9.17, 15) is 4.79 Å². The Hall–Kier alpha value is -2.42. The van der Waals surface area contributed by atoms with Crippen molar-refractivity contribution in [3.8, 4) is 28.7 Å². The number of thioether (sulfide) groups is 1. The molecule has 9 heteroatoms. The maximum atomic E-state index is 11.1. The number of nitrogens with zero attached hydrogens (tertiary/aromatic N) is 2. The number of benzene rings is 1. The number of aromatic nitrogens is 2. The molecule has 0 radical (unpaired) electrons. The van der Waals surface area contributed by atoms with E-state index in [0.29, 0.717) is 22.8 Å². The van der Waals surface area contributed by atoms with Gasteiger partial charge in [0.25, 0.3) is 5.22 Å². The average Bonchev–Trinajstić information content (AvgIpc) is 3.01. The van der Waals surface area contributed by atoms with Crippen LogP contribution in [0.25, 0.3) is 11.5 Å². The maximum Gasteiger partial charge on any atom is 0.277 e. The van der Waals surface area contributed by atoms with Crippen LogP contribution in [0.3, 0.4) is 0 Å². The van der Waals surface area contributed by atoms with Crippen LogP contribution in [0.2, 0.25) is 0 Å². The summed E-state index contributed by atoms with van der Waals surface area (Å²) in [6, 6.07) is 3.39. The van der Waals surface area contributed by atoms with Crippen LogP contribution in [-0.4, -0.2) is 42.7 Å². The van der Waals surface area contributed by atoms with E-state index in [2.05, 4.69) is 10.2 Å². The van der Waals surface area contributed by atoms with Gasteiger partial charge in [0, 0.05) is 5.56 Å². The van der Waals surface area contributed by atoms with Crippen molar-refractivity contribution < 1.29 is 23.4 Å². The Morgan fingerprint density at radius 2 is 1.78 bits per heavy atom. The summed E-state index contributed by atoms with van der Waals surface area (Å²) in [6.45, 7) is 1.66. The number of ether oxygens (including phenoxy) is 3. The number of amides is 1. The van der Waals surface area contributed by atoms with Gasteiger partial charge in [0.2, 0.25) is 17.5 Å². The summed E-state index contributed by atoms with van der Waals surface area (Å²) in [5, 5.41) is 7.64. The Kier molecular flexibility index (Phi) is 5.32. The highest BCUT2D eigenvalue weighted by molar-refractivity contribution is 8.00. The summed E-state index contributed by atoms with van der Waals surface area (Å²) in [4.78, 5) is 11.1. The molecule has 0 bridgehead atoms. The molecule has 1 aromatic heterocycles. The maximum absolute atomic E-state index is 11.1. The highest BCUT2D eigenvalue weighted by Crippen LogP contribution is 2.41. The smallest absolute Gasteiger partial charge is 0.277 e. The number of hydrogen-bond acceptors (Lipinski definition) is 8. The number of methoxy groups -OCH3 is 3. The van der Waals surface area contributed by atoms with Crippen molar-refractivity contribution in [3.63, 3.8) is 0 Å². The third-order valence-corrected chi connectivity index (χ3v) is 3.95. The molecule has 0 saturated heterocycles. The van der Waals surface area contributed by atoms with Gasteiger partial charge in [0.1, 0.15) is 0 Å². The zero-order valence-electron chi connectivity index (χ0n) is 13.2. The topological polar surface area (TPSA) is 110 Å². The van der Waals surface area contributed by atoms with Crippen molar-refractivity contribution in [2.45, 2.75) is 17.4 Å². The molecular formula is C14H17N3O5S. The Morgan fingerprint density at radius 3 is 2.26 bits per heavy atom. The van der Waals surface area contributed by atoms with Gasteiger partial charge in [-0.15, -0.1) is 10.2 Å². The second-order valence-electron chi connectivity index (χ2n) is 4.45. The van der Waals surface area contributed by atoms with Gasteiger partial charge in [-0.3, -0.25) is 4.79 Å². The van der Waals surface area contributed by atoms with Gasteiger partial charge in [-0.1, -0.05) is 11.8 Å². The van der Waals surface area contributed by atoms with Gasteiger partial charge in [-0.2, -0.15) is 0 Å². The lowest BCUT2D eigenvalue weighted by Crippen LogP contribution is -2.22. The molecule has 1 heterocycles. The Bertz CT molecular complexity index is 678. The summed E-state index contributed by atoms with van der Waals surface area (Å²) >= 11 is 1.09. The normalized spacial score (nSPS) is 11.8. The fourth-order valence-corrected chi connectivity index (χ4v) is 2.42. The van der Waals surface area contributed by atoms with Gasteiger partial charge < -0.3 is 24.4 Å². The Morgan fingerprint density at radius 1 is 1.17 bits per heavy atom. The summed E-state index contributed by atoms with van der Waals surface area (Å²) in [5.41, 5.74) is 5.82. The van der Waals surface area contributed by atoms with Gasteiger partial charge in [-0.05, 0) is 19.1 Å². The van der Waals surface area contributed by atoms with E-state index in [4.69, 9.17) is 24.4 Å². The molecule has 2 rings (SSSR count). The van der Waals surface area contributed by atoms with Crippen LogP contribution in [0.1, 0.15) is 6.92 Å². The zero-order valence-corrected chi connectivity index (χ0v) is 14.0. The third-order valence-electron chi connectivity index (χ3n) is 3.00. The van der Waals surface area contributed by atoms with Crippen LogP contribution in [0.15, 0.2) is 21.8 Å². The summed E-state index contributed by atoms with van der Waals surface area (Å²) in [7, 11) is 4.56. The van der Waals surface area contributed by atoms with Crippen LogP contribution in [-0.2, 0) is 4.79 Å². The molecule has 2 aromatic rings. The number of primary amides is 1. The number of nitrogens with two attached hydrogens (primary N) is 1. The molecule has 1 atom stereocenters. The molecule has 124 valence electrons. The number of carbonyl (C=O) groups excluding carboxylic acids is 1. The first-order chi connectivity index (χ1) is 11.0. The van der Waals surface area contributed by atoms with Crippen molar-refractivity contribution in [2.24, 2.45) is 5.73 Å². The van der Waals surface area contributed by atoms with E-state index in [1.807, 2.05) is 0 Å². The van der Waals surface area contributed by atoms with Crippen LogP contribution < -0.4 is 19.9 Å². The predicted octanol–water partition coefficient (Wildman–Crippen LogP) is 1.73. The predicted molar refractivity (Wildman–Crippen MR) is 83.9 cm³/mol. The second kappa shape index (κ2) is 7.23. The molecule has 0 saturated carbocycles. The van der Waals surface area contributed by atoms with Crippen LogP contribution in [0, 0.1) is 0 Å². The minimum absolute atomic E-state index is 0.250. The van der Waals surface area contributed by atoms with E-state index in [1.54, 1.807) is 19.1 Å². The average molecular weight is 339 g/mol. The number of carbonyl (C=O) groups is 1. The molecule has 0 fully saturated rings. The van der Waals surface area contributed by atoms with Gasteiger partial charge in [0.15, 0.2) is 11.5 Å². The lowest BCUT2D eigenvalue weighted by Gasteiger charge is -2.12. The van der Waals surface area contributed by atoms with Gasteiger partial charge in [-0.25, -0.2) is 0 Å². The lowest BCUT2D eigenvalue weighted by atomic mass is 10.2. The van der Waals surface area contributed by atoms with Gasteiger partial charge in [0.05, 0.1) is 26.6 Å². The third kappa shape index (κ3) is 3.67. The zero-order chi connectivity index (χ0) is 17.0. The molecule has 23 heavy (non-hydrogen) atoms. The highest BCUT2D eigenvalue weighted by Gasteiger charge is 2.19. The summed E-state index contributed by atoms with van der Waals surface area (Å²) < 4.78 is 21.4. The second-order valence-corrected chi connectivity index (χ2v) is 5.74. The largest absolute Gasteiger partial charge is 0.493 e. The molecular weight excluding hydrogens is 322 g/mol. The van der Waals surface area contributed by atoms with Crippen LogP contribution in [0.5, 0.6) is 17.2 Å². The first kappa shape index (κ1) is 16.9. The van der Waals surface area contributed by atoms with Crippen molar-refractivity contribution in [1.82, 2.24) is 10.2 Å². The SMILES string of the molecule is COc1cc(-c2nnc(S[C@H](C)C(N)=O)o2)cc(OC)c1OC. The van der Waals surface area contributed by atoms with Crippen LogP contribution in [0.4, 0.5) is 0 Å². The van der Waals surface area contributed by atoms with E-state index in [-0.39, 0.29) is 11.1 Å². The molecule has 0 aliphatic carbocycles. The monoisotopic (exact) mass is 339 g/mol. The van der Waals surface area contributed by atoms with E-state index in [0.717, 1.165) is 11.8 Å². The molecule has 1 amide bonds. The summed E-state index contributed by atoms with van der Waals surface area (Å²) in [5.74, 6) is 1.22. The minimum Gasteiger partial charge on any atom is -0.493 e. The van der Waals surface area contributed by atoms with E-state index in [1.165, 1.54) is 21.3 Å². The quantitative estimate of drug-likeness (QED) is 0.759. The van der Waals surface area contributed by atoms with Crippen molar-refractivity contribution >= 4 is 17.7 Å². The lowest BCUT2D eigenvalue weighted by molar-refractivity contribution is -0.117. The van der Waals surface area contributed by atoms with E-state index >= 15 is 0 Å².